The summed E-state index contributed by atoms with van der Waals surface area (Å²) in [5, 5.41) is 6.03. The number of amides is 3. The maximum Gasteiger partial charge on any atom is 0.355 e. The largest absolute Gasteiger partial charge is 0.378 e. The van der Waals surface area contributed by atoms with E-state index in [2.05, 4.69) is 49.8 Å². The van der Waals surface area contributed by atoms with Crippen LogP contribution in [0.25, 0.3) is 83.9 Å². The number of anilines is 5. The first-order chi connectivity index (χ1) is 64.3. The lowest BCUT2D eigenvalue weighted by Crippen LogP contribution is -2.58. The van der Waals surface area contributed by atoms with Gasteiger partial charge in [0.1, 0.15) is 29.1 Å². The molecule has 3 amide bonds. The molecule has 9 aromatic heterocycles. The second-order valence-corrected chi connectivity index (χ2v) is 37.8. The van der Waals surface area contributed by atoms with Gasteiger partial charge in [-0.25, -0.2) is 71.8 Å². The molecule has 35 heteroatoms. The SMILES string of the molecule is C=CC(=O)N1CC(C)N(c2nc(=O)n(-c3c(C(C)C)nc(N4CCOCC4)nc3C(C)C)c3nc(-c4ccccc4F)c(Cl)cc23)CC1C.C=CC(=O)N1CC(C)N(c2nc(=O)n(-c3c(C(C)C)nc(NC)nc3C(C)C)c3nc(-c4ccccc4F)c(Cl)cc23)CC1C.C=CC(=O)N1CC(C)N(c2nc(=O)n(-c3c(C)ccnc3C(C)C)c3nc(-c4cccc(Cl)c4)c(Cl)cc23)CC1C. The minimum absolute atomic E-state index is 0.0440. The number of fused-ring (bicyclic) bond motifs is 3. The Morgan fingerprint density at radius 2 is 0.793 bits per heavy atom. The van der Waals surface area contributed by atoms with Gasteiger partial charge in [0.15, 0.2) is 16.9 Å². The van der Waals surface area contributed by atoms with Crippen LogP contribution in [0.4, 0.5) is 38.1 Å². The van der Waals surface area contributed by atoms with E-state index in [-0.39, 0.29) is 127 Å². The number of pyridine rings is 4. The van der Waals surface area contributed by atoms with E-state index in [0.717, 1.165) is 16.8 Å². The number of halogens is 6. The highest BCUT2D eigenvalue weighted by Crippen LogP contribution is 2.44. The molecule has 4 aliphatic rings. The number of nitrogens with one attached hydrogen (secondary N) is 1. The van der Waals surface area contributed by atoms with Crippen LogP contribution in [0.3, 0.4) is 0 Å². The standard InChI is InChI=1S/C36H42ClFN8O3.C33H38ClFN8O2.C31H32Cl2N6O2/c1-8-28(47)44-18-23(7)45(19-22(44)6)33-25-17-26(37)31(24-11-9-10-12-27(24)38)39-34(25)46(36(48)42-33)32-29(20(2)3)40-35(41-30(32)21(4)5)43-13-15-49-16-14-43;1-9-25(44)41-15-20(7)42(16-19(41)6)30-22-14-23(34)28(21-12-10-11-13-24(21)35)37-31(22)43(33(45)40-30)29-26(17(2)3)38-32(36-8)39-27(29)18(4)5;1-7-25(40)37-15-20(6)38(16-19(37)5)29-23-14-24(33)27(21-9-8-10-22(32)13-21)35-30(23)39(31(41)36-29)28-18(4)11-12-34-26(28)17(2)3/h8-12,17,20-23H,1,13-16,18-19H2,2-7H3;9-14,17-20H,1,15-16H2,2-8H3,(H,36,38,39);7-14,17,19-20H,1,15-16H2,2-6H3. The minimum Gasteiger partial charge on any atom is -0.378 e. The van der Waals surface area contributed by atoms with E-state index in [4.69, 9.17) is 91.0 Å². The highest BCUT2D eigenvalue weighted by molar-refractivity contribution is 6.35. The van der Waals surface area contributed by atoms with Gasteiger partial charge in [0.05, 0.1) is 107 Å². The van der Waals surface area contributed by atoms with Gasteiger partial charge in [-0.2, -0.15) is 15.0 Å². The van der Waals surface area contributed by atoms with Crippen molar-refractivity contribution in [2.24, 2.45) is 0 Å². The monoisotopic (exact) mass is 1910 g/mol. The number of piperazine rings is 3. The fraction of sp³-hybridized carbons (Fsp3) is 0.390. The summed E-state index contributed by atoms with van der Waals surface area (Å²) in [5.74, 6) is 0.491. The van der Waals surface area contributed by atoms with Crippen LogP contribution in [0.2, 0.25) is 20.1 Å². The number of hydrogen-bond donors (Lipinski definition) is 1. The Morgan fingerprint density at radius 1 is 0.437 bits per heavy atom. The number of ether oxygens (including phenoxy) is 1. The van der Waals surface area contributed by atoms with E-state index in [9.17, 15) is 28.8 Å². The van der Waals surface area contributed by atoms with Crippen LogP contribution in [-0.2, 0) is 19.1 Å². The van der Waals surface area contributed by atoms with Crippen molar-refractivity contribution in [2.45, 2.75) is 184 Å². The van der Waals surface area contributed by atoms with Crippen molar-refractivity contribution in [3.05, 3.63) is 238 Å². The Kier molecular flexibility index (Phi) is 29.9. The summed E-state index contributed by atoms with van der Waals surface area (Å²) in [6.45, 7) is 49.8. The van der Waals surface area contributed by atoms with Crippen molar-refractivity contribution < 1.29 is 27.9 Å². The number of nitrogens with zero attached hydrogens (tertiary/aromatic N) is 21. The smallest absolute Gasteiger partial charge is 0.355 e. The Bertz CT molecular complexity index is 6790. The van der Waals surface area contributed by atoms with Gasteiger partial charge in [-0.15, -0.1) is 0 Å². The third-order valence-corrected chi connectivity index (χ3v) is 25.9. The van der Waals surface area contributed by atoms with Gasteiger partial charge in [-0.05, 0) is 163 Å². The zero-order valence-electron chi connectivity index (χ0n) is 79.1. The summed E-state index contributed by atoms with van der Waals surface area (Å²) in [5.41, 5.74) is 7.24. The topological polar surface area (TPSA) is 303 Å². The molecular formula is C100H112Cl4F2N22O7. The first kappa shape index (κ1) is 98.4. The van der Waals surface area contributed by atoms with E-state index in [1.807, 2.05) is 152 Å². The van der Waals surface area contributed by atoms with E-state index in [1.54, 1.807) is 93.2 Å². The number of morpholine rings is 1. The number of hydrogen-bond acceptors (Lipinski definition) is 23. The Hall–Kier alpha value is -12.6. The van der Waals surface area contributed by atoms with Crippen molar-refractivity contribution in [1.82, 2.24) is 83.2 Å². The van der Waals surface area contributed by atoms with Gasteiger partial charge in [-0.3, -0.25) is 19.4 Å². The molecule has 4 saturated heterocycles. The van der Waals surface area contributed by atoms with Gasteiger partial charge >= 0.3 is 17.1 Å². The molecule has 4 fully saturated rings. The zero-order chi connectivity index (χ0) is 97.5. The molecule has 3 aromatic carbocycles. The van der Waals surface area contributed by atoms with Crippen molar-refractivity contribution in [3.63, 3.8) is 0 Å². The second-order valence-electron chi connectivity index (χ2n) is 36.1. The molecule has 0 aliphatic carbocycles. The van der Waals surface area contributed by atoms with Crippen LogP contribution in [0.15, 0.2) is 156 Å². The summed E-state index contributed by atoms with van der Waals surface area (Å²) in [7, 11) is 1.75. The molecule has 0 radical (unpaired) electrons. The number of carbonyl (C=O) groups is 3. The van der Waals surface area contributed by atoms with Crippen LogP contribution < -0.4 is 42.0 Å². The lowest BCUT2D eigenvalue weighted by molar-refractivity contribution is -0.129. The van der Waals surface area contributed by atoms with Crippen molar-refractivity contribution >= 4 is 127 Å². The fourth-order valence-electron chi connectivity index (χ4n) is 18.0. The fourth-order valence-corrected chi connectivity index (χ4v) is 18.9. The van der Waals surface area contributed by atoms with E-state index < -0.39 is 28.7 Å². The molecule has 1 N–H and O–H groups in total. The van der Waals surface area contributed by atoms with E-state index >= 15 is 8.78 Å². The number of aromatic nitrogens is 14. The van der Waals surface area contributed by atoms with Crippen LogP contribution in [-0.4, -0.2) is 210 Å². The summed E-state index contributed by atoms with van der Waals surface area (Å²) < 4.78 is 40.4. The highest BCUT2D eigenvalue weighted by Gasteiger charge is 2.40. The molecule has 0 saturated carbocycles. The first-order valence-electron chi connectivity index (χ1n) is 45.3. The van der Waals surface area contributed by atoms with Crippen molar-refractivity contribution in [1.29, 1.82) is 0 Å². The molecule has 12 aromatic rings. The molecule has 6 unspecified atom stereocenters. The molecule has 16 rings (SSSR count). The van der Waals surface area contributed by atoms with Crippen LogP contribution in [0.1, 0.15) is 174 Å². The number of carbonyl (C=O) groups excluding carboxylic acids is 3. The normalized spacial score (nSPS) is 17.7. The number of rotatable bonds is 19. The molecular weight excluding hydrogens is 1800 g/mol. The Balaban J connectivity index is 0.000000163. The van der Waals surface area contributed by atoms with Gasteiger partial charge in [0.25, 0.3) is 0 Å². The predicted molar refractivity (Wildman–Crippen MR) is 533 cm³/mol. The molecule has 0 spiro atoms. The van der Waals surface area contributed by atoms with Crippen LogP contribution in [0.5, 0.6) is 0 Å². The summed E-state index contributed by atoms with van der Waals surface area (Å²) in [6, 6.07) is 25.9. The quantitative estimate of drug-likeness (QED) is 0.0735. The average molecular weight is 1910 g/mol. The Morgan fingerprint density at radius 3 is 1.15 bits per heavy atom. The van der Waals surface area contributed by atoms with E-state index in [0.29, 0.717) is 172 Å². The average Bonchev–Trinajstić information content (AvgIpc) is 0.799. The highest BCUT2D eigenvalue weighted by atomic mass is 35.5. The van der Waals surface area contributed by atoms with Gasteiger partial charge in [0, 0.05) is 124 Å². The number of aryl methyl sites for hydroxylation is 1. The number of benzene rings is 3. The summed E-state index contributed by atoms with van der Waals surface area (Å²) >= 11 is 27.0. The van der Waals surface area contributed by atoms with E-state index in [1.165, 1.54) is 39.5 Å². The molecule has 6 atom stereocenters. The van der Waals surface area contributed by atoms with Gasteiger partial charge < -0.3 is 44.4 Å². The maximum atomic E-state index is 15.3. The van der Waals surface area contributed by atoms with Crippen LogP contribution in [0, 0.1) is 18.6 Å². The lowest BCUT2D eigenvalue weighted by atomic mass is 10.0. The zero-order valence-corrected chi connectivity index (χ0v) is 82.1. The lowest BCUT2D eigenvalue weighted by Gasteiger charge is -2.44. The summed E-state index contributed by atoms with van der Waals surface area (Å²) in [4.78, 5) is 147. The maximum absolute atomic E-state index is 15.3. The molecule has 4 aliphatic heterocycles. The van der Waals surface area contributed by atoms with Crippen LogP contribution >= 0.6 is 46.4 Å². The third-order valence-electron chi connectivity index (χ3n) is 24.8. The van der Waals surface area contributed by atoms with Crippen molar-refractivity contribution in [2.75, 3.05) is 97.5 Å². The second kappa shape index (κ2) is 40.9. The third kappa shape index (κ3) is 19.6. The van der Waals surface area contributed by atoms with Gasteiger partial charge in [0.2, 0.25) is 29.6 Å². The predicted octanol–water partition coefficient (Wildman–Crippen LogP) is 17.8. The first-order valence-corrected chi connectivity index (χ1v) is 46.9. The Labute approximate surface area is 803 Å². The molecule has 135 heavy (non-hydrogen) atoms. The minimum atomic E-state index is -0.583. The summed E-state index contributed by atoms with van der Waals surface area (Å²) in [6.07, 6.45) is 5.70. The van der Waals surface area contributed by atoms with Crippen molar-refractivity contribution in [3.8, 4) is 50.8 Å². The molecule has 706 valence electrons. The molecule has 13 heterocycles. The molecule has 29 nitrogen and oxygen atoms in total. The molecule has 0 bridgehead atoms. The van der Waals surface area contributed by atoms with Gasteiger partial charge in [-0.1, -0.05) is 172 Å².